The summed E-state index contributed by atoms with van der Waals surface area (Å²) < 4.78 is 22.6. The summed E-state index contributed by atoms with van der Waals surface area (Å²) >= 11 is 0. The highest BCUT2D eigenvalue weighted by Crippen LogP contribution is 2.42. The molecule has 28 heavy (non-hydrogen) atoms. The Morgan fingerprint density at radius 1 is 0.964 bits per heavy atom. The van der Waals surface area contributed by atoms with Gasteiger partial charge in [0.05, 0.1) is 6.61 Å². The van der Waals surface area contributed by atoms with Crippen molar-refractivity contribution in [3.05, 3.63) is 60.7 Å². The molecule has 5 nitrogen and oxygen atoms in total. The van der Waals surface area contributed by atoms with Crippen LogP contribution in [0.2, 0.25) is 0 Å². The molecule has 3 aromatic carbocycles. The molecule has 1 atom stereocenters. The Balaban J connectivity index is 1.67. The number of epoxide rings is 1. The van der Waals surface area contributed by atoms with Crippen LogP contribution >= 0.6 is 0 Å². The summed E-state index contributed by atoms with van der Waals surface area (Å²) in [6.07, 6.45) is 0.177. The highest BCUT2D eigenvalue weighted by molar-refractivity contribution is 6.11. The van der Waals surface area contributed by atoms with E-state index in [2.05, 4.69) is 6.58 Å². The van der Waals surface area contributed by atoms with E-state index in [-0.39, 0.29) is 19.3 Å². The molecule has 0 spiro atoms. The number of fused-ring (bicyclic) bond motifs is 2. The third kappa shape index (κ3) is 3.80. The van der Waals surface area contributed by atoms with Crippen LogP contribution in [0, 0.1) is 0 Å². The first kappa shape index (κ1) is 18.3. The number of hydrogen-bond donors (Lipinski definition) is 0. The Hall–Kier alpha value is -3.05. The average Bonchev–Trinajstić information content (AvgIpc) is 3.54. The van der Waals surface area contributed by atoms with Crippen LogP contribution in [0.15, 0.2) is 60.7 Å². The van der Waals surface area contributed by atoms with Crippen molar-refractivity contribution in [3.63, 3.8) is 0 Å². The van der Waals surface area contributed by atoms with Crippen LogP contribution in [0.5, 0.6) is 11.5 Å². The zero-order chi connectivity index (χ0) is 19.5. The van der Waals surface area contributed by atoms with E-state index < -0.39 is 5.97 Å². The predicted molar refractivity (Wildman–Crippen MR) is 108 cm³/mol. The Bertz CT molecular complexity index is 979. The topological polar surface area (TPSA) is 57.3 Å². The van der Waals surface area contributed by atoms with Gasteiger partial charge in [-0.1, -0.05) is 55.1 Å². The lowest BCUT2D eigenvalue weighted by Gasteiger charge is -2.17. The fraction of sp³-hybridized carbons (Fsp3) is 0.261. The van der Waals surface area contributed by atoms with Crippen LogP contribution in [-0.4, -0.2) is 38.5 Å². The van der Waals surface area contributed by atoms with Crippen molar-refractivity contribution < 1.29 is 23.7 Å². The Morgan fingerprint density at radius 2 is 1.46 bits per heavy atom. The maximum Gasteiger partial charge on any atom is 0.333 e. The molecule has 0 aliphatic carbocycles. The predicted octanol–water partition coefficient (Wildman–Crippen LogP) is 4.27. The third-order valence-electron chi connectivity index (χ3n) is 4.56. The summed E-state index contributed by atoms with van der Waals surface area (Å²) in [5.41, 5.74) is 0.372. The van der Waals surface area contributed by atoms with Gasteiger partial charge in [-0.05, 0) is 6.92 Å². The first-order valence-corrected chi connectivity index (χ1v) is 9.28. The van der Waals surface area contributed by atoms with Crippen molar-refractivity contribution in [2.75, 3.05) is 26.4 Å². The van der Waals surface area contributed by atoms with Crippen molar-refractivity contribution in [2.45, 2.75) is 13.0 Å². The average molecular weight is 378 g/mol. The molecule has 0 N–H and O–H groups in total. The van der Waals surface area contributed by atoms with E-state index in [1.54, 1.807) is 6.92 Å². The summed E-state index contributed by atoms with van der Waals surface area (Å²) in [6.45, 7) is 6.89. The monoisotopic (exact) mass is 378 g/mol. The van der Waals surface area contributed by atoms with E-state index in [1.165, 1.54) is 0 Å². The summed E-state index contributed by atoms with van der Waals surface area (Å²) in [6, 6.07) is 16.0. The second kappa shape index (κ2) is 7.90. The van der Waals surface area contributed by atoms with Gasteiger partial charge in [0.2, 0.25) is 0 Å². The van der Waals surface area contributed by atoms with Crippen LogP contribution in [-0.2, 0) is 14.3 Å². The van der Waals surface area contributed by atoms with Crippen molar-refractivity contribution >= 4 is 27.5 Å². The molecule has 5 heteroatoms. The lowest BCUT2D eigenvalue weighted by atomic mass is 10.0. The van der Waals surface area contributed by atoms with Gasteiger partial charge in [-0.25, -0.2) is 4.79 Å². The summed E-state index contributed by atoms with van der Waals surface area (Å²) in [4.78, 5) is 11.6. The molecule has 1 aliphatic heterocycles. The summed E-state index contributed by atoms with van der Waals surface area (Å²) in [7, 11) is 0. The van der Waals surface area contributed by atoms with Gasteiger partial charge in [0.15, 0.2) is 0 Å². The van der Waals surface area contributed by atoms with Gasteiger partial charge in [-0.3, -0.25) is 0 Å². The van der Waals surface area contributed by atoms with Gasteiger partial charge < -0.3 is 18.9 Å². The summed E-state index contributed by atoms with van der Waals surface area (Å²) in [5, 5.41) is 3.88. The molecule has 1 unspecified atom stereocenters. The third-order valence-corrected chi connectivity index (χ3v) is 4.56. The fourth-order valence-electron chi connectivity index (χ4n) is 3.10. The number of carbonyl (C=O) groups excluding carboxylic acids is 1. The first-order chi connectivity index (χ1) is 13.6. The first-order valence-electron chi connectivity index (χ1n) is 9.28. The molecule has 0 aromatic heterocycles. The van der Waals surface area contributed by atoms with E-state index in [1.807, 2.05) is 48.5 Å². The van der Waals surface area contributed by atoms with Crippen LogP contribution in [0.3, 0.4) is 0 Å². The van der Waals surface area contributed by atoms with Crippen LogP contribution < -0.4 is 9.47 Å². The Morgan fingerprint density at radius 3 is 1.93 bits per heavy atom. The van der Waals surface area contributed by atoms with Gasteiger partial charge >= 0.3 is 5.97 Å². The Kier molecular flexibility index (Phi) is 5.17. The molecule has 0 bridgehead atoms. The molecular weight excluding hydrogens is 356 g/mol. The highest BCUT2D eigenvalue weighted by Gasteiger charge is 2.24. The lowest BCUT2D eigenvalue weighted by Crippen LogP contribution is -2.13. The molecule has 1 aliphatic rings. The molecule has 0 amide bonds. The van der Waals surface area contributed by atoms with Gasteiger partial charge in [-0.15, -0.1) is 0 Å². The van der Waals surface area contributed by atoms with Gasteiger partial charge in [0, 0.05) is 27.1 Å². The zero-order valence-corrected chi connectivity index (χ0v) is 15.8. The van der Waals surface area contributed by atoms with E-state index in [0.29, 0.717) is 12.2 Å². The van der Waals surface area contributed by atoms with Crippen LogP contribution in [0.1, 0.15) is 6.92 Å². The van der Waals surface area contributed by atoms with E-state index in [4.69, 9.17) is 18.9 Å². The van der Waals surface area contributed by atoms with Crippen molar-refractivity contribution in [1.29, 1.82) is 0 Å². The van der Waals surface area contributed by atoms with E-state index in [0.717, 1.165) is 39.7 Å². The van der Waals surface area contributed by atoms with Gasteiger partial charge in [0.1, 0.15) is 37.4 Å². The number of carbonyl (C=O) groups is 1. The lowest BCUT2D eigenvalue weighted by molar-refractivity contribution is -0.139. The molecular formula is C23H22O5. The smallest absolute Gasteiger partial charge is 0.333 e. The number of hydrogen-bond acceptors (Lipinski definition) is 5. The van der Waals surface area contributed by atoms with Gasteiger partial charge in [-0.2, -0.15) is 0 Å². The molecule has 144 valence electrons. The van der Waals surface area contributed by atoms with E-state index in [9.17, 15) is 4.79 Å². The van der Waals surface area contributed by atoms with Crippen molar-refractivity contribution in [2.24, 2.45) is 0 Å². The van der Waals surface area contributed by atoms with E-state index >= 15 is 0 Å². The molecule has 1 saturated heterocycles. The fourth-order valence-corrected chi connectivity index (χ4v) is 3.10. The minimum atomic E-state index is -0.413. The van der Waals surface area contributed by atoms with Crippen LogP contribution in [0.4, 0.5) is 0 Å². The number of esters is 1. The zero-order valence-electron chi connectivity index (χ0n) is 15.8. The molecule has 1 fully saturated rings. The SMILES string of the molecule is C=C(C)C(=O)OCCOc1c2ccccc2c(OCC2CO2)c2ccccc12. The quantitative estimate of drug-likeness (QED) is 0.193. The van der Waals surface area contributed by atoms with Crippen molar-refractivity contribution in [3.8, 4) is 11.5 Å². The standard InChI is InChI=1S/C23H22O5/c1-15(2)23(24)26-12-11-25-21-17-7-3-5-9-19(17)22(28-14-16-13-27-16)20-10-6-4-8-18(20)21/h3-10,16H,1,11-14H2,2H3. The molecule has 1 heterocycles. The van der Waals surface area contributed by atoms with Crippen molar-refractivity contribution in [1.82, 2.24) is 0 Å². The highest BCUT2D eigenvalue weighted by atomic mass is 16.6. The number of benzene rings is 3. The van der Waals surface area contributed by atoms with Gasteiger partial charge in [0.25, 0.3) is 0 Å². The Labute approximate surface area is 163 Å². The maximum atomic E-state index is 11.6. The largest absolute Gasteiger partial charge is 0.489 e. The molecule has 0 saturated carbocycles. The van der Waals surface area contributed by atoms with Crippen LogP contribution in [0.25, 0.3) is 21.5 Å². The number of ether oxygens (including phenoxy) is 4. The normalized spacial score (nSPS) is 15.4. The second-order valence-electron chi connectivity index (χ2n) is 6.78. The maximum absolute atomic E-state index is 11.6. The molecule has 3 aromatic rings. The second-order valence-corrected chi connectivity index (χ2v) is 6.78. The minimum Gasteiger partial charge on any atom is -0.489 e. The molecule has 0 radical (unpaired) electrons. The minimum absolute atomic E-state index is 0.158. The number of rotatable bonds is 8. The molecule has 4 rings (SSSR count). The summed E-state index contributed by atoms with van der Waals surface area (Å²) in [5.74, 6) is 1.18.